The van der Waals surface area contributed by atoms with E-state index >= 15 is 0 Å². The summed E-state index contributed by atoms with van der Waals surface area (Å²) in [5, 5.41) is 10.1. The molecule has 0 bridgehead atoms. The third-order valence-electron chi connectivity index (χ3n) is 4.53. The summed E-state index contributed by atoms with van der Waals surface area (Å²) in [6.45, 7) is 1.85. The smallest absolute Gasteiger partial charge is 0.416 e. The summed E-state index contributed by atoms with van der Waals surface area (Å²) in [5.41, 5.74) is 1.24. The van der Waals surface area contributed by atoms with Crippen LogP contribution in [0.5, 0.6) is 0 Å². The molecule has 4 rings (SSSR count). The number of halogens is 3. The number of hydrogen-bond acceptors (Lipinski definition) is 3. The maximum absolute atomic E-state index is 13.0. The Bertz CT molecular complexity index is 1240. The van der Waals surface area contributed by atoms with E-state index in [0.717, 1.165) is 17.7 Å². The molecule has 7 heteroatoms. The fraction of sp³-hybridized carbons (Fsp3) is 0.0909. The molecular formula is C22H14F3NO3. The highest BCUT2D eigenvalue weighted by molar-refractivity contribution is 6.03. The first-order valence-electron chi connectivity index (χ1n) is 8.65. The van der Waals surface area contributed by atoms with Gasteiger partial charge in [-0.2, -0.15) is 13.2 Å². The number of furan rings is 1. The summed E-state index contributed by atoms with van der Waals surface area (Å²) in [4.78, 5) is 16.2. The van der Waals surface area contributed by atoms with Gasteiger partial charge in [-0.3, -0.25) is 0 Å². The SMILES string of the molecule is Cc1ccc2nc(-c3ccc(-c4cccc(C(F)(F)F)c4)o3)cc(C(=O)O)c2c1. The molecule has 0 spiro atoms. The summed E-state index contributed by atoms with van der Waals surface area (Å²) >= 11 is 0. The highest BCUT2D eigenvalue weighted by atomic mass is 19.4. The van der Waals surface area contributed by atoms with Crippen LogP contribution in [-0.2, 0) is 6.18 Å². The minimum absolute atomic E-state index is 0.0747. The molecule has 4 aromatic rings. The van der Waals surface area contributed by atoms with E-state index in [9.17, 15) is 23.1 Å². The first-order valence-corrected chi connectivity index (χ1v) is 8.65. The number of rotatable bonds is 3. The van der Waals surface area contributed by atoms with Crippen molar-refractivity contribution in [2.75, 3.05) is 0 Å². The molecule has 2 aromatic heterocycles. The van der Waals surface area contributed by atoms with Crippen LogP contribution in [0.4, 0.5) is 13.2 Å². The molecule has 4 nitrogen and oxygen atoms in total. The number of nitrogens with zero attached hydrogens (tertiary/aromatic N) is 1. The van der Waals surface area contributed by atoms with Crippen LogP contribution < -0.4 is 0 Å². The maximum Gasteiger partial charge on any atom is 0.416 e. The molecule has 146 valence electrons. The Balaban J connectivity index is 1.80. The fourth-order valence-corrected chi connectivity index (χ4v) is 3.12. The van der Waals surface area contributed by atoms with Gasteiger partial charge in [-0.15, -0.1) is 0 Å². The van der Waals surface area contributed by atoms with Crippen LogP contribution in [0.3, 0.4) is 0 Å². The van der Waals surface area contributed by atoms with E-state index in [1.807, 2.05) is 13.0 Å². The molecular weight excluding hydrogens is 383 g/mol. The Hall–Kier alpha value is -3.61. The molecule has 0 aliphatic rings. The van der Waals surface area contributed by atoms with E-state index in [2.05, 4.69) is 4.98 Å². The van der Waals surface area contributed by atoms with Crippen molar-refractivity contribution in [2.24, 2.45) is 0 Å². The standard InChI is InChI=1S/C22H14F3NO3/c1-12-5-6-17-15(9-12)16(21(27)28)11-18(26-17)20-8-7-19(29-20)13-3-2-4-14(10-13)22(23,24)25/h2-11H,1H3,(H,27,28). The number of hydrogen-bond donors (Lipinski definition) is 1. The number of carboxylic acids is 1. The lowest BCUT2D eigenvalue weighted by atomic mass is 10.0. The van der Waals surface area contributed by atoms with Gasteiger partial charge in [0, 0.05) is 10.9 Å². The molecule has 0 unspecified atom stereocenters. The number of aromatic nitrogens is 1. The van der Waals surface area contributed by atoms with Gasteiger partial charge in [-0.05, 0) is 49.4 Å². The second-order valence-electron chi connectivity index (χ2n) is 6.62. The van der Waals surface area contributed by atoms with E-state index in [-0.39, 0.29) is 28.3 Å². The van der Waals surface area contributed by atoms with Gasteiger partial charge in [-0.1, -0.05) is 23.8 Å². The van der Waals surface area contributed by atoms with Gasteiger partial charge in [0.05, 0.1) is 16.6 Å². The highest BCUT2D eigenvalue weighted by Crippen LogP contribution is 2.34. The summed E-state index contributed by atoms with van der Waals surface area (Å²) in [5.74, 6) is -0.606. The minimum Gasteiger partial charge on any atom is -0.478 e. The zero-order valence-corrected chi connectivity index (χ0v) is 15.1. The summed E-state index contributed by atoms with van der Waals surface area (Å²) in [7, 11) is 0. The molecule has 0 aliphatic carbocycles. The van der Waals surface area contributed by atoms with Gasteiger partial charge < -0.3 is 9.52 Å². The number of aryl methyl sites for hydroxylation is 1. The first kappa shape index (κ1) is 18.7. The zero-order chi connectivity index (χ0) is 20.8. The average Bonchev–Trinajstić information content (AvgIpc) is 3.17. The first-order chi connectivity index (χ1) is 13.7. The van der Waals surface area contributed by atoms with E-state index in [4.69, 9.17) is 4.42 Å². The maximum atomic E-state index is 13.0. The van der Waals surface area contributed by atoms with Crippen molar-refractivity contribution in [1.29, 1.82) is 0 Å². The molecule has 2 aromatic carbocycles. The third kappa shape index (κ3) is 3.59. The predicted octanol–water partition coefficient (Wildman–Crippen LogP) is 6.19. The van der Waals surface area contributed by atoms with Gasteiger partial charge in [0.15, 0.2) is 5.76 Å². The lowest BCUT2D eigenvalue weighted by Crippen LogP contribution is -2.04. The molecule has 0 saturated heterocycles. The molecule has 1 N–H and O–H groups in total. The average molecular weight is 397 g/mol. The van der Waals surface area contributed by atoms with Crippen molar-refractivity contribution in [3.05, 3.63) is 77.4 Å². The summed E-state index contributed by atoms with van der Waals surface area (Å²) in [6, 6.07) is 14.6. The molecule has 0 aliphatic heterocycles. The molecule has 0 amide bonds. The second kappa shape index (κ2) is 6.77. The molecule has 2 heterocycles. The topological polar surface area (TPSA) is 63.3 Å². The summed E-state index contributed by atoms with van der Waals surface area (Å²) in [6.07, 6.45) is -4.46. The lowest BCUT2D eigenvalue weighted by Gasteiger charge is -2.08. The van der Waals surface area contributed by atoms with Gasteiger partial charge in [-0.25, -0.2) is 9.78 Å². The minimum atomic E-state index is -4.46. The molecule has 0 radical (unpaired) electrons. The van der Waals surface area contributed by atoms with Crippen molar-refractivity contribution >= 4 is 16.9 Å². The van der Waals surface area contributed by atoms with Crippen LogP contribution in [0.25, 0.3) is 33.7 Å². The third-order valence-corrected chi connectivity index (χ3v) is 4.53. The van der Waals surface area contributed by atoms with Crippen molar-refractivity contribution in [3.8, 4) is 22.8 Å². The van der Waals surface area contributed by atoms with Crippen molar-refractivity contribution in [3.63, 3.8) is 0 Å². The fourth-order valence-electron chi connectivity index (χ4n) is 3.12. The van der Waals surface area contributed by atoms with E-state index in [0.29, 0.717) is 10.9 Å². The van der Waals surface area contributed by atoms with Crippen molar-refractivity contribution in [2.45, 2.75) is 13.1 Å². The molecule has 0 saturated carbocycles. The van der Waals surface area contributed by atoms with Gasteiger partial charge in [0.25, 0.3) is 0 Å². The monoisotopic (exact) mass is 397 g/mol. The number of carbonyl (C=O) groups is 1. The van der Waals surface area contributed by atoms with Gasteiger partial charge in [0.2, 0.25) is 0 Å². The lowest BCUT2D eigenvalue weighted by molar-refractivity contribution is -0.137. The number of pyridine rings is 1. The number of benzene rings is 2. The van der Waals surface area contributed by atoms with Crippen molar-refractivity contribution in [1.82, 2.24) is 4.98 Å². The Morgan fingerprint density at radius 3 is 2.48 bits per heavy atom. The van der Waals surface area contributed by atoms with E-state index in [1.54, 1.807) is 18.2 Å². The predicted molar refractivity (Wildman–Crippen MR) is 102 cm³/mol. The van der Waals surface area contributed by atoms with E-state index < -0.39 is 17.7 Å². The Kier molecular flexibility index (Phi) is 4.38. The Morgan fingerprint density at radius 1 is 1.00 bits per heavy atom. The van der Waals surface area contributed by atoms with Crippen LogP contribution in [-0.4, -0.2) is 16.1 Å². The van der Waals surface area contributed by atoms with E-state index in [1.165, 1.54) is 24.3 Å². The molecule has 0 fully saturated rings. The van der Waals surface area contributed by atoms with Crippen LogP contribution in [0.1, 0.15) is 21.5 Å². The zero-order valence-electron chi connectivity index (χ0n) is 15.1. The Morgan fingerprint density at radius 2 is 1.76 bits per heavy atom. The van der Waals surface area contributed by atoms with Gasteiger partial charge in [0.1, 0.15) is 11.5 Å². The van der Waals surface area contributed by atoms with Crippen LogP contribution in [0.2, 0.25) is 0 Å². The normalized spacial score (nSPS) is 11.7. The second-order valence-corrected chi connectivity index (χ2v) is 6.62. The largest absolute Gasteiger partial charge is 0.478 e. The number of alkyl halides is 3. The number of aromatic carboxylic acids is 1. The molecule has 0 atom stereocenters. The molecule has 29 heavy (non-hydrogen) atoms. The van der Waals surface area contributed by atoms with Crippen LogP contribution in [0, 0.1) is 6.92 Å². The Labute approximate surface area is 163 Å². The quantitative estimate of drug-likeness (QED) is 0.448. The number of fused-ring (bicyclic) bond motifs is 1. The highest BCUT2D eigenvalue weighted by Gasteiger charge is 2.30. The van der Waals surface area contributed by atoms with Gasteiger partial charge >= 0.3 is 12.1 Å². The summed E-state index contributed by atoms with van der Waals surface area (Å²) < 4.78 is 44.6. The van der Waals surface area contributed by atoms with Crippen molar-refractivity contribution < 1.29 is 27.5 Å². The van der Waals surface area contributed by atoms with Crippen LogP contribution in [0.15, 0.2) is 65.1 Å². The number of carboxylic acid groups (broad SMARTS) is 1. The van der Waals surface area contributed by atoms with Crippen LogP contribution >= 0.6 is 0 Å².